The molecule has 0 aliphatic carbocycles. The molecular weight excluding hydrogens is 264 g/mol. The molecule has 1 unspecified atom stereocenters. The lowest BCUT2D eigenvalue weighted by Crippen LogP contribution is -2.44. The summed E-state index contributed by atoms with van der Waals surface area (Å²) in [5.41, 5.74) is 8.74. The average Bonchev–Trinajstić information content (AvgIpc) is 2.96. The Morgan fingerprint density at radius 2 is 2.10 bits per heavy atom. The highest BCUT2D eigenvalue weighted by molar-refractivity contribution is 5.63. The van der Waals surface area contributed by atoms with Crippen molar-refractivity contribution in [1.82, 2.24) is 14.7 Å². The van der Waals surface area contributed by atoms with E-state index in [9.17, 15) is 0 Å². The summed E-state index contributed by atoms with van der Waals surface area (Å²) in [6, 6.07) is 7.87. The van der Waals surface area contributed by atoms with Gasteiger partial charge in [-0.3, -0.25) is 9.58 Å². The Hall–Kier alpha value is -1.85. The van der Waals surface area contributed by atoms with E-state index >= 15 is 0 Å². The van der Waals surface area contributed by atoms with Gasteiger partial charge >= 0.3 is 0 Å². The number of nitrogen functional groups attached to an aromatic ring is 1. The van der Waals surface area contributed by atoms with E-state index in [0.717, 1.165) is 49.6 Å². The fourth-order valence-electron chi connectivity index (χ4n) is 2.67. The van der Waals surface area contributed by atoms with Crippen molar-refractivity contribution in [2.24, 2.45) is 0 Å². The van der Waals surface area contributed by atoms with Crippen molar-refractivity contribution in [3.63, 3.8) is 0 Å². The Balaban J connectivity index is 1.66. The van der Waals surface area contributed by atoms with Crippen molar-refractivity contribution >= 4 is 5.69 Å². The lowest BCUT2D eigenvalue weighted by atomic mass is 10.1. The van der Waals surface area contributed by atoms with Crippen LogP contribution in [0.1, 0.15) is 6.92 Å². The molecule has 5 nitrogen and oxygen atoms in total. The van der Waals surface area contributed by atoms with Crippen LogP contribution in [0.5, 0.6) is 0 Å². The number of ether oxygens (including phenoxy) is 1. The van der Waals surface area contributed by atoms with Crippen LogP contribution in [0.2, 0.25) is 0 Å². The molecule has 2 heterocycles. The maximum absolute atomic E-state index is 5.83. The zero-order chi connectivity index (χ0) is 14.7. The molecule has 21 heavy (non-hydrogen) atoms. The number of nitrogens with zero attached hydrogens (tertiary/aromatic N) is 3. The van der Waals surface area contributed by atoms with Crippen molar-refractivity contribution in [3.8, 4) is 11.1 Å². The number of morpholine rings is 1. The first-order chi connectivity index (χ1) is 10.2. The minimum absolute atomic E-state index is 0.220. The zero-order valence-corrected chi connectivity index (χ0v) is 12.4. The normalized spacial score (nSPS) is 19.8. The maximum Gasteiger partial charge on any atom is 0.0898 e. The summed E-state index contributed by atoms with van der Waals surface area (Å²) in [5, 5.41) is 4.45. The predicted octanol–water partition coefficient (Wildman–Crippen LogP) is 1.85. The molecule has 2 aromatic rings. The predicted molar refractivity (Wildman–Crippen MR) is 83.9 cm³/mol. The van der Waals surface area contributed by atoms with E-state index < -0.39 is 0 Å². The number of hydrogen-bond donors (Lipinski definition) is 1. The average molecular weight is 286 g/mol. The third-order valence-corrected chi connectivity index (χ3v) is 3.94. The van der Waals surface area contributed by atoms with E-state index in [0.29, 0.717) is 0 Å². The van der Waals surface area contributed by atoms with Gasteiger partial charge in [0.1, 0.15) is 0 Å². The molecule has 112 valence electrons. The molecular formula is C16H22N4O. The van der Waals surface area contributed by atoms with Gasteiger partial charge in [0.15, 0.2) is 0 Å². The van der Waals surface area contributed by atoms with Gasteiger partial charge in [0.05, 0.1) is 25.5 Å². The molecule has 1 aromatic heterocycles. The summed E-state index contributed by atoms with van der Waals surface area (Å²) in [5.74, 6) is 0. The molecule has 1 aliphatic heterocycles. The van der Waals surface area contributed by atoms with Crippen molar-refractivity contribution in [2.75, 3.05) is 32.0 Å². The quantitative estimate of drug-likeness (QED) is 0.872. The highest BCUT2D eigenvalue weighted by atomic mass is 16.5. The Labute approximate surface area is 125 Å². The SMILES string of the molecule is CCN1CCOC(Cn2cc(-c3ccc(N)cc3)cn2)C1. The van der Waals surface area contributed by atoms with Gasteiger partial charge in [0.2, 0.25) is 0 Å². The summed E-state index contributed by atoms with van der Waals surface area (Å²) in [6.45, 7) is 6.89. The highest BCUT2D eigenvalue weighted by Crippen LogP contribution is 2.20. The van der Waals surface area contributed by atoms with Gasteiger partial charge in [-0.15, -0.1) is 0 Å². The van der Waals surface area contributed by atoms with Gasteiger partial charge in [0, 0.05) is 30.5 Å². The number of benzene rings is 1. The Morgan fingerprint density at radius 1 is 1.29 bits per heavy atom. The van der Waals surface area contributed by atoms with Crippen molar-refractivity contribution < 1.29 is 4.74 Å². The first-order valence-electron chi connectivity index (χ1n) is 7.47. The molecule has 3 rings (SSSR count). The van der Waals surface area contributed by atoms with Gasteiger partial charge in [-0.1, -0.05) is 19.1 Å². The second kappa shape index (κ2) is 6.28. The van der Waals surface area contributed by atoms with Crippen molar-refractivity contribution in [1.29, 1.82) is 0 Å². The third-order valence-electron chi connectivity index (χ3n) is 3.94. The lowest BCUT2D eigenvalue weighted by Gasteiger charge is -2.31. The lowest BCUT2D eigenvalue weighted by molar-refractivity contribution is -0.0357. The maximum atomic E-state index is 5.83. The molecule has 1 saturated heterocycles. The van der Waals surface area contributed by atoms with Gasteiger partial charge in [-0.2, -0.15) is 5.10 Å². The van der Waals surface area contributed by atoms with Crippen LogP contribution >= 0.6 is 0 Å². The highest BCUT2D eigenvalue weighted by Gasteiger charge is 2.19. The van der Waals surface area contributed by atoms with E-state index in [1.807, 2.05) is 35.1 Å². The number of anilines is 1. The Kier molecular flexibility index (Phi) is 4.22. The number of aromatic nitrogens is 2. The molecule has 0 saturated carbocycles. The Morgan fingerprint density at radius 3 is 2.86 bits per heavy atom. The van der Waals surface area contributed by atoms with Crippen LogP contribution in [0.25, 0.3) is 11.1 Å². The van der Waals surface area contributed by atoms with Crippen LogP contribution in [-0.2, 0) is 11.3 Å². The molecule has 1 atom stereocenters. The fraction of sp³-hybridized carbons (Fsp3) is 0.438. The second-order valence-electron chi connectivity index (χ2n) is 5.46. The largest absolute Gasteiger partial charge is 0.399 e. The summed E-state index contributed by atoms with van der Waals surface area (Å²) in [6.07, 6.45) is 4.18. The summed E-state index contributed by atoms with van der Waals surface area (Å²) in [4.78, 5) is 2.42. The van der Waals surface area contributed by atoms with Crippen LogP contribution in [-0.4, -0.2) is 47.0 Å². The topological polar surface area (TPSA) is 56.3 Å². The molecule has 1 fully saturated rings. The Bertz CT molecular complexity index is 578. The van der Waals surface area contributed by atoms with Gasteiger partial charge in [0.25, 0.3) is 0 Å². The molecule has 0 amide bonds. The second-order valence-corrected chi connectivity index (χ2v) is 5.46. The van der Waals surface area contributed by atoms with Gasteiger partial charge < -0.3 is 10.5 Å². The van der Waals surface area contributed by atoms with E-state index in [2.05, 4.69) is 23.1 Å². The molecule has 0 bridgehead atoms. The molecule has 2 N–H and O–H groups in total. The smallest absolute Gasteiger partial charge is 0.0898 e. The number of likely N-dealkylation sites (N-methyl/N-ethyl adjacent to an activating group) is 1. The number of nitrogens with two attached hydrogens (primary N) is 1. The van der Waals surface area contributed by atoms with Crippen LogP contribution < -0.4 is 5.73 Å². The summed E-state index contributed by atoms with van der Waals surface area (Å²) in [7, 11) is 0. The first-order valence-corrected chi connectivity index (χ1v) is 7.47. The molecule has 5 heteroatoms. The van der Waals surface area contributed by atoms with E-state index in [1.54, 1.807) is 0 Å². The van der Waals surface area contributed by atoms with Crippen LogP contribution in [0.3, 0.4) is 0 Å². The zero-order valence-electron chi connectivity index (χ0n) is 12.4. The van der Waals surface area contributed by atoms with E-state index in [4.69, 9.17) is 10.5 Å². The molecule has 1 aliphatic rings. The van der Waals surface area contributed by atoms with Gasteiger partial charge in [-0.05, 0) is 24.2 Å². The minimum atomic E-state index is 0.220. The minimum Gasteiger partial charge on any atom is -0.399 e. The van der Waals surface area contributed by atoms with Crippen molar-refractivity contribution in [2.45, 2.75) is 19.6 Å². The van der Waals surface area contributed by atoms with Gasteiger partial charge in [-0.25, -0.2) is 0 Å². The standard InChI is InChI=1S/C16H22N4O/c1-2-19-7-8-21-16(11-19)12-20-10-14(9-18-20)13-3-5-15(17)6-4-13/h3-6,9-10,16H,2,7-8,11-12,17H2,1H3. The number of rotatable bonds is 4. The summed E-state index contributed by atoms with van der Waals surface area (Å²) >= 11 is 0. The van der Waals surface area contributed by atoms with E-state index in [-0.39, 0.29) is 6.10 Å². The summed E-state index contributed by atoms with van der Waals surface area (Å²) < 4.78 is 7.79. The van der Waals surface area contributed by atoms with E-state index in [1.165, 1.54) is 0 Å². The van der Waals surface area contributed by atoms with Crippen LogP contribution in [0.15, 0.2) is 36.7 Å². The van der Waals surface area contributed by atoms with Crippen LogP contribution in [0, 0.1) is 0 Å². The number of hydrogen-bond acceptors (Lipinski definition) is 4. The molecule has 0 spiro atoms. The molecule has 1 aromatic carbocycles. The van der Waals surface area contributed by atoms with Crippen LogP contribution in [0.4, 0.5) is 5.69 Å². The monoisotopic (exact) mass is 286 g/mol. The third kappa shape index (κ3) is 3.43. The first kappa shape index (κ1) is 14.1. The fourth-order valence-corrected chi connectivity index (χ4v) is 2.67. The molecule has 0 radical (unpaired) electrons. The van der Waals surface area contributed by atoms with Crippen molar-refractivity contribution in [3.05, 3.63) is 36.7 Å².